The fourth-order valence-corrected chi connectivity index (χ4v) is 3.69. The van der Waals surface area contributed by atoms with E-state index in [-0.39, 0.29) is 18.2 Å². The number of ether oxygens (including phenoxy) is 1. The maximum absolute atomic E-state index is 12.3. The Morgan fingerprint density at radius 3 is 2.29 bits per heavy atom. The number of esters is 1. The minimum Gasteiger partial charge on any atom is -0.455 e. The second kappa shape index (κ2) is 11.8. The summed E-state index contributed by atoms with van der Waals surface area (Å²) in [5.41, 5.74) is 1.03. The summed E-state index contributed by atoms with van der Waals surface area (Å²) in [5, 5.41) is 7.19. The molecule has 1 aromatic carbocycles. The van der Waals surface area contributed by atoms with Gasteiger partial charge in [0.15, 0.2) is 6.61 Å². The molecule has 166 valence electrons. The smallest absolute Gasteiger partial charge is 0.308 e. The Labute approximate surface area is 185 Å². The van der Waals surface area contributed by atoms with Crippen molar-refractivity contribution in [3.8, 4) is 0 Å². The number of nitrogens with zero attached hydrogens (tertiary/aromatic N) is 1. The first-order chi connectivity index (χ1) is 14.8. The van der Waals surface area contributed by atoms with Crippen LogP contribution in [0.3, 0.4) is 0 Å². The Hall–Kier alpha value is -3.20. The van der Waals surface area contributed by atoms with E-state index in [4.69, 9.17) is 4.74 Å². The van der Waals surface area contributed by atoms with Crippen LogP contribution in [-0.4, -0.2) is 48.3 Å². The van der Waals surface area contributed by atoms with Gasteiger partial charge in [0, 0.05) is 36.1 Å². The lowest BCUT2D eigenvalue weighted by molar-refractivity contribution is -0.147. The number of benzene rings is 1. The maximum Gasteiger partial charge on any atom is 0.308 e. The molecule has 0 spiro atoms. The van der Waals surface area contributed by atoms with Gasteiger partial charge in [0.05, 0.1) is 12.5 Å². The topological polar surface area (TPSA) is 105 Å². The van der Waals surface area contributed by atoms with Crippen LogP contribution in [0.5, 0.6) is 0 Å². The Morgan fingerprint density at radius 2 is 1.74 bits per heavy atom. The lowest BCUT2D eigenvalue weighted by Gasteiger charge is -2.18. The largest absolute Gasteiger partial charge is 0.455 e. The Bertz CT molecular complexity index is 892. The van der Waals surface area contributed by atoms with Crippen molar-refractivity contribution in [3.05, 3.63) is 52.2 Å². The fraction of sp³-hybridized carbons (Fsp3) is 0.364. The number of amides is 3. The van der Waals surface area contributed by atoms with Gasteiger partial charge in [-0.3, -0.25) is 19.2 Å². The minimum absolute atomic E-state index is 0.0729. The van der Waals surface area contributed by atoms with Crippen LogP contribution in [0.4, 0.5) is 5.69 Å². The third kappa shape index (κ3) is 7.53. The van der Waals surface area contributed by atoms with Crippen molar-refractivity contribution in [2.45, 2.75) is 33.2 Å². The van der Waals surface area contributed by atoms with Crippen LogP contribution < -0.4 is 10.6 Å². The van der Waals surface area contributed by atoms with E-state index in [9.17, 15) is 19.2 Å². The van der Waals surface area contributed by atoms with Crippen molar-refractivity contribution < 1.29 is 23.9 Å². The van der Waals surface area contributed by atoms with Crippen LogP contribution in [0.15, 0.2) is 41.8 Å². The fourth-order valence-electron chi connectivity index (χ4n) is 2.92. The average Bonchev–Trinajstić information content (AvgIpc) is 3.28. The van der Waals surface area contributed by atoms with Crippen LogP contribution in [0.2, 0.25) is 0 Å². The number of nitrogens with one attached hydrogen (secondary N) is 2. The highest BCUT2D eigenvalue weighted by Crippen LogP contribution is 2.22. The standard InChI is InChI=1S/C22H27N3O5S/c1-4-25(5-2)22(29)16-8-10-17(11-9-16)24-20(27)14-30-21(28)13-18(23-15(3)26)19-7-6-12-31-19/h6-12,18H,4-5,13-14H2,1-3H3,(H,23,26)(H,24,27). The van der Waals surface area contributed by atoms with Crippen molar-refractivity contribution in [3.63, 3.8) is 0 Å². The Kier molecular flexibility index (Phi) is 9.20. The highest BCUT2D eigenvalue weighted by atomic mass is 32.1. The molecule has 31 heavy (non-hydrogen) atoms. The van der Waals surface area contributed by atoms with Gasteiger partial charge in [-0.2, -0.15) is 0 Å². The summed E-state index contributed by atoms with van der Waals surface area (Å²) in [6, 6.07) is 9.68. The van der Waals surface area contributed by atoms with Crippen molar-refractivity contribution in [1.82, 2.24) is 10.2 Å². The third-order valence-electron chi connectivity index (χ3n) is 4.47. The molecule has 0 saturated heterocycles. The Balaban J connectivity index is 1.85. The molecule has 0 fully saturated rings. The summed E-state index contributed by atoms with van der Waals surface area (Å²) in [6.45, 7) is 5.99. The molecule has 1 aromatic heterocycles. The SMILES string of the molecule is CCN(CC)C(=O)c1ccc(NC(=O)COC(=O)CC(NC(C)=O)c2cccs2)cc1. The first-order valence-corrected chi connectivity index (χ1v) is 10.9. The van der Waals surface area contributed by atoms with Gasteiger partial charge in [-0.15, -0.1) is 11.3 Å². The molecular weight excluding hydrogens is 418 g/mol. The summed E-state index contributed by atoms with van der Waals surface area (Å²) >= 11 is 1.42. The molecule has 0 bridgehead atoms. The van der Waals surface area contributed by atoms with Gasteiger partial charge in [-0.25, -0.2) is 0 Å². The molecule has 2 N–H and O–H groups in total. The molecule has 2 rings (SSSR count). The second-order valence-corrected chi connectivity index (χ2v) is 7.72. The number of rotatable bonds is 10. The molecule has 1 heterocycles. The molecule has 0 aliphatic carbocycles. The monoisotopic (exact) mass is 445 g/mol. The van der Waals surface area contributed by atoms with E-state index in [1.54, 1.807) is 29.2 Å². The number of hydrogen-bond acceptors (Lipinski definition) is 6. The maximum atomic E-state index is 12.3. The van der Waals surface area contributed by atoms with E-state index in [1.165, 1.54) is 18.3 Å². The van der Waals surface area contributed by atoms with Gasteiger partial charge in [-0.05, 0) is 49.6 Å². The molecule has 1 atom stereocenters. The molecule has 0 saturated carbocycles. The lowest BCUT2D eigenvalue weighted by atomic mass is 10.1. The zero-order valence-corrected chi connectivity index (χ0v) is 18.7. The second-order valence-electron chi connectivity index (χ2n) is 6.74. The Morgan fingerprint density at radius 1 is 1.06 bits per heavy atom. The normalized spacial score (nSPS) is 11.3. The highest BCUT2D eigenvalue weighted by Gasteiger charge is 2.20. The van der Waals surface area contributed by atoms with Gasteiger partial charge >= 0.3 is 5.97 Å². The number of anilines is 1. The van der Waals surface area contributed by atoms with E-state index in [0.29, 0.717) is 24.3 Å². The quantitative estimate of drug-likeness (QED) is 0.547. The number of carbonyl (C=O) groups excluding carboxylic acids is 4. The third-order valence-corrected chi connectivity index (χ3v) is 5.45. The van der Waals surface area contributed by atoms with E-state index >= 15 is 0 Å². The van der Waals surface area contributed by atoms with E-state index in [2.05, 4.69) is 10.6 Å². The zero-order chi connectivity index (χ0) is 22.8. The molecular formula is C22H27N3O5S. The number of thiophene rings is 1. The van der Waals surface area contributed by atoms with Gasteiger partial charge in [-0.1, -0.05) is 6.07 Å². The average molecular weight is 446 g/mol. The molecule has 9 heteroatoms. The van der Waals surface area contributed by atoms with E-state index in [1.807, 2.05) is 31.4 Å². The summed E-state index contributed by atoms with van der Waals surface area (Å²) in [6.07, 6.45) is -0.0739. The first kappa shape index (κ1) is 24.1. The van der Waals surface area contributed by atoms with Crippen molar-refractivity contribution in [2.75, 3.05) is 25.0 Å². The molecule has 3 amide bonds. The van der Waals surface area contributed by atoms with E-state index < -0.39 is 24.5 Å². The minimum atomic E-state index is -0.595. The van der Waals surface area contributed by atoms with Gasteiger partial charge in [0.25, 0.3) is 11.8 Å². The molecule has 8 nitrogen and oxygen atoms in total. The van der Waals surface area contributed by atoms with Gasteiger partial charge in [0.1, 0.15) is 0 Å². The van der Waals surface area contributed by atoms with Crippen molar-refractivity contribution in [2.24, 2.45) is 0 Å². The number of hydrogen-bond donors (Lipinski definition) is 2. The zero-order valence-electron chi connectivity index (χ0n) is 17.8. The van der Waals surface area contributed by atoms with Crippen LogP contribution in [0.25, 0.3) is 0 Å². The summed E-state index contributed by atoms with van der Waals surface area (Å²) < 4.78 is 5.05. The molecule has 2 aromatic rings. The van der Waals surface area contributed by atoms with Crippen LogP contribution in [-0.2, 0) is 19.1 Å². The highest BCUT2D eigenvalue weighted by molar-refractivity contribution is 7.10. The molecule has 0 aliphatic heterocycles. The summed E-state index contributed by atoms with van der Waals surface area (Å²) in [5.74, 6) is -1.42. The predicted molar refractivity (Wildman–Crippen MR) is 119 cm³/mol. The first-order valence-electron chi connectivity index (χ1n) is 9.99. The van der Waals surface area contributed by atoms with E-state index in [0.717, 1.165) is 4.88 Å². The lowest BCUT2D eigenvalue weighted by Crippen LogP contribution is -2.30. The molecule has 0 radical (unpaired) electrons. The predicted octanol–water partition coefficient (Wildman–Crippen LogP) is 2.98. The van der Waals surface area contributed by atoms with Crippen molar-refractivity contribution >= 4 is 40.7 Å². The van der Waals surface area contributed by atoms with Gasteiger partial charge in [0.2, 0.25) is 5.91 Å². The van der Waals surface area contributed by atoms with Crippen LogP contribution >= 0.6 is 11.3 Å². The summed E-state index contributed by atoms with van der Waals surface area (Å²) in [4.78, 5) is 50.5. The number of carbonyl (C=O) groups is 4. The van der Waals surface area contributed by atoms with Crippen molar-refractivity contribution in [1.29, 1.82) is 0 Å². The summed E-state index contributed by atoms with van der Waals surface area (Å²) in [7, 11) is 0. The molecule has 1 unspecified atom stereocenters. The van der Waals surface area contributed by atoms with Crippen LogP contribution in [0.1, 0.15) is 48.5 Å². The van der Waals surface area contributed by atoms with Crippen LogP contribution in [0, 0.1) is 0 Å². The van der Waals surface area contributed by atoms with Gasteiger partial charge < -0.3 is 20.3 Å². The molecule has 0 aliphatic rings.